The fourth-order valence-corrected chi connectivity index (χ4v) is 0.880. The Bertz CT molecular complexity index is 325. The lowest BCUT2D eigenvalue weighted by Gasteiger charge is -2.11. The third-order valence-electron chi connectivity index (χ3n) is 1.46. The summed E-state index contributed by atoms with van der Waals surface area (Å²) in [6.45, 7) is 0.989. The maximum absolute atomic E-state index is 11.8. The number of hydrogen-bond acceptors (Lipinski definition) is 3. The lowest BCUT2D eigenvalue weighted by atomic mass is 10.2. The highest BCUT2D eigenvalue weighted by molar-refractivity contribution is 5.27. The number of rotatable bonds is 2. The van der Waals surface area contributed by atoms with E-state index in [4.69, 9.17) is 5.11 Å². The monoisotopic (exact) mass is 207 g/mol. The van der Waals surface area contributed by atoms with Crippen molar-refractivity contribution < 1.29 is 23.0 Å². The third kappa shape index (κ3) is 2.88. The summed E-state index contributed by atoms with van der Waals surface area (Å²) < 4.78 is 39.2. The van der Waals surface area contributed by atoms with Gasteiger partial charge in [-0.05, 0) is 19.1 Å². The van der Waals surface area contributed by atoms with Crippen molar-refractivity contribution >= 4 is 0 Å². The summed E-state index contributed by atoms with van der Waals surface area (Å²) in [6.07, 6.45) is -4.79. The van der Waals surface area contributed by atoms with Gasteiger partial charge in [0.25, 0.3) is 0 Å². The quantitative estimate of drug-likeness (QED) is 0.803. The molecular weight excluding hydrogens is 199 g/mol. The van der Waals surface area contributed by atoms with Crippen LogP contribution in [-0.2, 0) is 6.61 Å². The van der Waals surface area contributed by atoms with Gasteiger partial charge in [0.15, 0.2) is 0 Å². The van der Waals surface area contributed by atoms with Crippen LogP contribution in [0.15, 0.2) is 12.1 Å². The van der Waals surface area contributed by atoms with Crippen molar-refractivity contribution in [3.63, 3.8) is 0 Å². The normalized spacial score (nSPS) is 11.5. The summed E-state index contributed by atoms with van der Waals surface area (Å²) >= 11 is 0. The zero-order valence-corrected chi connectivity index (χ0v) is 7.30. The molecule has 0 spiro atoms. The molecule has 14 heavy (non-hydrogen) atoms. The van der Waals surface area contributed by atoms with Gasteiger partial charge >= 0.3 is 6.36 Å². The minimum atomic E-state index is -4.79. The number of alkyl halides is 3. The van der Waals surface area contributed by atoms with Crippen LogP contribution < -0.4 is 4.74 Å². The fraction of sp³-hybridized carbons (Fsp3) is 0.375. The molecule has 3 nitrogen and oxygen atoms in total. The van der Waals surface area contributed by atoms with Crippen LogP contribution in [0.2, 0.25) is 0 Å². The predicted molar refractivity (Wildman–Crippen MR) is 41.6 cm³/mol. The van der Waals surface area contributed by atoms with E-state index < -0.39 is 18.8 Å². The first-order valence-electron chi connectivity index (χ1n) is 3.75. The molecule has 78 valence electrons. The largest absolute Gasteiger partial charge is 0.574 e. The van der Waals surface area contributed by atoms with Crippen molar-refractivity contribution in [2.75, 3.05) is 0 Å². The van der Waals surface area contributed by atoms with E-state index in [1.807, 2.05) is 0 Å². The zero-order valence-electron chi connectivity index (χ0n) is 7.30. The van der Waals surface area contributed by atoms with E-state index >= 15 is 0 Å². The smallest absolute Gasteiger partial charge is 0.391 e. The van der Waals surface area contributed by atoms with E-state index in [2.05, 4.69) is 9.72 Å². The topological polar surface area (TPSA) is 42.4 Å². The van der Waals surface area contributed by atoms with Crippen LogP contribution in [0.5, 0.6) is 5.88 Å². The molecule has 1 rings (SSSR count). The first-order valence-corrected chi connectivity index (χ1v) is 3.75. The van der Waals surface area contributed by atoms with Crippen LogP contribution in [0, 0.1) is 6.92 Å². The molecule has 0 unspecified atom stereocenters. The average Bonchev–Trinajstić information content (AvgIpc) is 2.01. The van der Waals surface area contributed by atoms with Gasteiger partial charge in [-0.1, -0.05) is 0 Å². The Morgan fingerprint density at radius 3 is 2.57 bits per heavy atom. The van der Waals surface area contributed by atoms with Crippen LogP contribution in [0.4, 0.5) is 13.2 Å². The molecule has 6 heteroatoms. The summed E-state index contributed by atoms with van der Waals surface area (Å²) in [6, 6.07) is 2.83. The second-order valence-corrected chi connectivity index (χ2v) is 2.62. The van der Waals surface area contributed by atoms with Crippen molar-refractivity contribution in [3.8, 4) is 5.88 Å². The SMILES string of the molecule is Cc1ccc(CO)c(OC(F)(F)F)n1. The van der Waals surface area contributed by atoms with Gasteiger partial charge in [-0.2, -0.15) is 0 Å². The Labute approximate surface area is 78.2 Å². The zero-order chi connectivity index (χ0) is 10.8. The molecule has 0 aliphatic carbocycles. The van der Waals surface area contributed by atoms with E-state index in [9.17, 15) is 13.2 Å². The number of aromatic nitrogens is 1. The second-order valence-electron chi connectivity index (χ2n) is 2.62. The number of aliphatic hydroxyl groups excluding tert-OH is 1. The molecule has 0 amide bonds. The molecule has 0 aliphatic heterocycles. The molecule has 1 N–H and O–H groups in total. The number of pyridine rings is 1. The van der Waals surface area contributed by atoms with Crippen molar-refractivity contribution in [2.24, 2.45) is 0 Å². The van der Waals surface area contributed by atoms with Gasteiger partial charge in [0.2, 0.25) is 5.88 Å². The Hall–Kier alpha value is -1.30. The van der Waals surface area contributed by atoms with Crippen LogP contribution in [-0.4, -0.2) is 16.5 Å². The summed E-state index contributed by atoms with van der Waals surface area (Å²) in [5.74, 6) is -0.597. The molecule has 1 aromatic heterocycles. The molecule has 0 aromatic carbocycles. The Kier molecular flexibility index (Phi) is 2.95. The van der Waals surface area contributed by atoms with Gasteiger partial charge in [-0.3, -0.25) is 0 Å². The number of ether oxygens (including phenoxy) is 1. The molecule has 0 aliphatic rings. The minimum absolute atomic E-state index is 0.00734. The Balaban J connectivity index is 2.99. The second kappa shape index (κ2) is 3.83. The summed E-state index contributed by atoms with van der Waals surface area (Å²) in [7, 11) is 0. The molecular formula is C8H8F3NO2. The van der Waals surface area contributed by atoms with E-state index in [0.717, 1.165) is 0 Å². The maximum atomic E-state index is 11.8. The van der Waals surface area contributed by atoms with E-state index in [-0.39, 0.29) is 5.56 Å². The lowest BCUT2D eigenvalue weighted by molar-refractivity contribution is -0.276. The third-order valence-corrected chi connectivity index (χ3v) is 1.46. The van der Waals surface area contributed by atoms with Gasteiger partial charge in [-0.15, -0.1) is 13.2 Å². The lowest BCUT2D eigenvalue weighted by Crippen LogP contribution is -2.19. The molecule has 0 radical (unpaired) electrons. The van der Waals surface area contributed by atoms with Gasteiger partial charge in [0, 0.05) is 11.3 Å². The molecule has 0 saturated carbocycles. The van der Waals surface area contributed by atoms with Crippen LogP contribution in [0.1, 0.15) is 11.3 Å². The molecule has 1 heterocycles. The maximum Gasteiger partial charge on any atom is 0.574 e. The highest BCUT2D eigenvalue weighted by atomic mass is 19.4. The van der Waals surface area contributed by atoms with Crippen molar-refractivity contribution in [2.45, 2.75) is 19.9 Å². The van der Waals surface area contributed by atoms with Crippen LogP contribution in [0.25, 0.3) is 0 Å². The number of nitrogens with zero attached hydrogens (tertiary/aromatic N) is 1. The number of aryl methyl sites for hydroxylation is 1. The summed E-state index contributed by atoms with van der Waals surface area (Å²) in [4.78, 5) is 3.53. The molecule has 0 atom stereocenters. The number of halogens is 3. The van der Waals surface area contributed by atoms with Gasteiger partial charge < -0.3 is 9.84 Å². The molecule has 0 saturated heterocycles. The number of hydrogen-bond donors (Lipinski definition) is 1. The number of aliphatic hydroxyl groups is 1. The standard InChI is InChI=1S/C8H8F3NO2/c1-5-2-3-6(4-13)7(12-5)14-8(9,10)11/h2-3,13H,4H2,1H3. The van der Waals surface area contributed by atoms with Crippen LogP contribution >= 0.6 is 0 Å². The van der Waals surface area contributed by atoms with Gasteiger partial charge in [0.1, 0.15) is 0 Å². The van der Waals surface area contributed by atoms with Gasteiger partial charge in [-0.25, -0.2) is 4.98 Å². The fourth-order valence-electron chi connectivity index (χ4n) is 0.880. The highest BCUT2D eigenvalue weighted by Crippen LogP contribution is 2.24. The average molecular weight is 207 g/mol. The first-order chi connectivity index (χ1) is 6.42. The summed E-state index contributed by atoms with van der Waals surface area (Å²) in [5.41, 5.74) is 0.398. The van der Waals surface area contributed by atoms with Gasteiger partial charge in [0.05, 0.1) is 6.61 Å². The summed E-state index contributed by atoms with van der Waals surface area (Å²) in [5, 5.41) is 8.72. The van der Waals surface area contributed by atoms with E-state index in [0.29, 0.717) is 5.69 Å². The Morgan fingerprint density at radius 2 is 2.07 bits per heavy atom. The van der Waals surface area contributed by atoms with Crippen LogP contribution in [0.3, 0.4) is 0 Å². The minimum Gasteiger partial charge on any atom is -0.391 e. The first kappa shape index (κ1) is 10.8. The van der Waals surface area contributed by atoms with Crippen molar-refractivity contribution in [1.29, 1.82) is 0 Å². The van der Waals surface area contributed by atoms with Crippen molar-refractivity contribution in [1.82, 2.24) is 4.98 Å². The molecule has 0 fully saturated rings. The van der Waals surface area contributed by atoms with E-state index in [1.54, 1.807) is 0 Å². The van der Waals surface area contributed by atoms with E-state index in [1.165, 1.54) is 19.1 Å². The molecule has 0 bridgehead atoms. The highest BCUT2D eigenvalue weighted by Gasteiger charge is 2.32. The predicted octanol–water partition coefficient (Wildman–Crippen LogP) is 1.78. The van der Waals surface area contributed by atoms with Crippen molar-refractivity contribution in [3.05, 3.63) is 23.4 Å². The molecule has 1 aromatic rings. The Morgan fingerprint density at radius 1 is 1.43 bits per heavy atom.